The smallest absolute Gasteiger partial charge is 0.0719 e. The first kappa shape index (κ1) is 18.8. The third-order valence-electron chi connectivity index (χ3n) is 2.43. The molecule has 0 aromatic carbocycles. The lowest BCUT2D eigenvalue weighted by Crippen LogP contribution is -2.25. The minimum absolute atomic E-state index is 0.0973. The Hall–Kier alpha value is -0.240. The molecule has 0 saturated heterocycles. The van der Waals surface area contributed by atoms with E-state index in [0.717, 1.165) is 6.42 Å². The number of rotatable bonds is 15. The molecule has 0 amide bonds. The van der Waals surface area contributed by atoms with Gasteiger partial charge < -0.3 is 29.4 Å². The molecule has 0 bridgehead atoms. The molecule has 1 unspecified atom stereocenters. The Balaban J connectivity index is 3.09. The Labute approximate surface area is 116 Å². The number of methoxy groups -OCH3 is 1. The monoisotopic (exact) mass is 279 g/mol. The molecule has 0 aromatic rings. The van der Waals surface area contributed by atoms with Crippen LogP contribution < -0.4 is 5.73 Å². The van der Waals surface area contributed by atoms with E-state index in [2.05, 4.69) is 0 Å². The van der Waals surface area contributed by atoms with Crippen LogP contribution in [0.25, 0.3) is 0 Å². The van der Waals surface area contributed by atoms with E-state index in [4.69, 9.17) is 29.4 Å². The molecule has 116 valence electrons. The van der Waals surface area contributed by atoms with Gasteiger partial charge in [-0.3, -0.25) is 0 Å². The summed E-state index contributed by atoms with van der Waals surface area (Å²) in [5.74, 6) is 0. The van der Waals surface area contributed by atoms with Gasteiger partial charge in [-0.1, -0.05) is 0 Å². The molecule has 0 heterocycles. The number of hydrogen-bond acceptors (Lipinski definition) is 6. The quantitative estimate of drug-likeness (QED) is 0.438. The van der Waals surface area contributed by atoms with Crippen LogP contribution in [0.5, 0.6) is 0 Å². The first-order chi connectivity index (χ1) is 9.35. The molecule has 0 aliphatic carbocycles. The molecule has 0 aliphatic heterocycles. The fourth-order valence-corrected chi connectivity index (χ4v) is 1.40. The SMILES string of the molecule is CCOC(CN)CCOCCOCCOCCOC. The van der Waals surface area contributed by atoms with E-state index in [1.54, 1.807) is 7.11 Å². The van der Waals surface area contributed by atoms with Crippen LogP contribution in [0.1, 0.15) is 13.3 Å². The second kappa shape index (κ2) is 15.8. The van der Waals surface area contributed by atoms with Gasteiger partial charge >= 0.3 is 0 Å². The van der Waals surface area contributed by atoms with Crippen molar-refractivity contribution < 1.29 is 23.7 Å². The van der Waals surface area contributed by atoms with Gasteiger partial charge in [0.25, 0.3) is 0 Å². The zero-order chi connectivity index (χ0) is 14.2. The summed E-state index contributed by atoms with van der Waals surface area (Å²) in [5.41, 5.74) is 5.56. The third-order valence-corrected chi connectivity index (χ3v) is 2.43. The first-order valence-electron chi connectivity index (χ1n) is 6.89. The number of nitrogens with two attached hydrogens (primary N) is 1. The van der Waals surface area contributed by atoms with Gasteiger partial charge in [0.05, 0.1) is 45.7 Å². The van der Waals surface area contributed by atoms with Crippen LogP contribution in [0.15, 0.2) is 0 Å². The predicted octanol–water partition coefficient (Wildman–Crippen LogP) is 0.437. The summed E-state index contributed by atoms with van der Waals surface area (Å²) >= 11 is 0. The van der Waals surface area contributed by atoms with Gasteiger partial charge in [-0.2, -0.15) is 0 Å². The van der Waals surface area contributed by atoms with Crippen molar-refractivity contribution in [3.05, 3.63) is 0 Å². The Bertz CT molecular complexity index is 171. The second-order valence-electron chi connectivity index (χ2n) is 3.93. The fraction of sp³-hybridized carbons (Fsp3) is 1.00. The molecule has 1 atom stereocenters. The topological polar surface area (TPSA) is 72.2 Å². The molecule has 0 spiro atoms. The molecule has 0 rings (SSSR count). The van der Waals surface area contributed by atoms with Crippen molar-refractivity contribution in [2.45, 2.75) is 19.4 Å². The van der Waals surface area contributed by atoms with Gasteiger partial charge in [0, 0.05) is 26.9 Å². The zero-order valence-electron chi connectivity index (χ0n) is 12.3. The molecule has 0 radical (unpaired) electrons. The van der Waals surface area contributed by atoms with E-state index in [1.165, 1.54) is 0 Å². The lowest BCUT2D eigenvalue weighted by atomic mass is 10.2. The van der Waals surface area contributed by atoms with Crippen molar-refractivity contribution in [2.24, 2.45) is 5.73 Å². The lowest BCUT2D eigenvalue weighted by Gasteiger charge is -2.14. The van der Waals surface area contributed by atoms with Crippen LogP contribution in [-0.2, 0) is 23.7 Å². The molecule has 19 heavy (non-hydrogen) atoms. The molecule has 0 aromatic heterocycles. The van der Waals surface area contributed by atoms with Gasteiger partial charge in [-0.05, 0) is 13.3 Å². The Morgan fingerprint density at radius 1 is 0.842 bits per heavy atom. The normalized spacial score (nSPS) is 12.8. The van der Waals surface area contributed by atoms with E-state index < -0.39 is 0 Å². The molecule has 0 saturated carbocycles. The van der Waals surface area contributed by atoms with Crippen molar-refractivity contribution in [3.63, 3.8) is 0 Å². The molecule has 6 heteroatoms. The fourth-order valence-electron chi connectivity index (χ4n) is 1.40. The third kappa shape index (κ3) is 14.0. The maximum Gasteiger partial charge on any atom is 0.0719 e. The molecule has 0 aliphatic rings. The van der Waals surface area contributed by atoms with Crippen LogP contribution in [0.4, 0.5) is 0 Å². The van der Waals surface area contributed by atoms with Crippen LogP contribution >= 0.6 is 0 Å². The maximum atomic E-state index is 5.56. The van der Waals surface area contributed by atoms with E-state index in [-0.39, 0.29) is 6.10 Å². The van der Waals surface area contributed by atoms with E-state index >= 15 is 0 Å². The van der Waals surface area contributed by atoms with E-state index in [9.17, 15) is 0 Å². The van der Waals surface area contributed by atoms with Gasteiger partial charge in [-0.15, -0.1) is 0 Å². The van der Waals surface area contributed by atoms with Crippen molar-refractivity contribution >= 4 is 0 Å². The Kier molecular flexibility index (Phi) is 15.6. The number of ether oxygens (including phenoxy) is 5. The molecule has 0 fully saturated rings. The average Bonchev–Trinajstić information content (AvgIpc) is 2.43. The predicted molar refractivity (Wildman–Crippen MR) is 73.4 cm³/mol. The van der Waals surface area contributed by atoms with Gasteiger partial charge in [-0.25, -0.2) is 0 Å². The summed E-state index contributed by atoms with van der Waals surface area (Å²) in [7, 11) is 1.65. The van der Waals surface area contributed by atoms with Crippen LogP contribution in [-0.4, -0.2) is 72.6 Å². The zero-order valence-corrected chi connectivity index (χ0v) is 12.3. The highest BCUT2D eigenvalue weighted by Crippen LogP contribution is 1.97. The van der Waals surface area contributed by atoms with Crippen molar-refractivity contribution in [3.8, 4) is 0 Å². The number of hydrogen-bond donors (Lipinski definition) is 1. The summed E-state index contributed by atoms with van der Waals surface area (Å²) in [4.78, 5) is 0. The average molecular weight is 279 g/mol. The minimum atomic E-state index is 0.0973. The van der Waals surface area contributed by atoms with Crippen LogP contribution in [0.2, 0.25) is 0 Å². The highest BCUT2D eigenvalue weighted by molar-refractivity contribution is 4.57. The Morgan fingerprint density at radius 2 is 1.37 bits per heavy atom. The summed E-state index contributed by atoms with van der Waals surface area (Å²) in [6.07, 6.45) is 0.921. The van der Waals surface area contributed by atoms with Crippen molar-refractivity contribution in [1.82, 2.24) is 0 Å². The van der Waals surface area contributed by atoms with E-state index in [1.807, 2.05) is 6.92 Å². The summed E-state index contributed by atoms with van der Waals surface area (Å²) in [6, 6.07) is 0. The Morgan fingerprint density at radius 3 is 1.84 bits per heavy atom. The lowest BCUT2D eigenvalue weighted by molar-refractivity contribution is -0.00635. The minimum Gasteiger partial charge on any atom is -0.382 e. The summed E-state index contributed by atoms with van der Waals surface area (Å²) in [5, 5.41) is 0. The van der Waals surface area contributed by atoms with E-state index in [0.29, 0.717) is 59.4 Å². The highest BCUT2D eigenvalue weighted by atomic mass is 16.6. The summed E-state index contributed by atoms with van der Waals surface area (Å²) < 4.78 is 26.3. The molecule has 6 nitrogen and oxygen atoms in total. The van der Waals surface area contributed by atoms with Crippen molar-refractivity contribution in [2.75, 3.05) is 66.5 Å². The van der Waals surface area contributed by atoms with Crippen LogP contribution in [0, 0.1) is 0 Å². The van der Waals surface area contributed by atoms with Crippen LogP contribution in [0.3, 0.4) is 0 Å². The highest BCUT2D eigenvalue weighted by Gasteiger charge is 2.04. The maximum absolute atomic E-state index is 5.56. The molecular weight excluding hydrogens is 250 g/mol. The standard InChI is InChI=1S/C13H29NO5/c1-3-19-13(12-14)4-5-16-8-9-18-11-10-17-7-6-15-2/h13H,3-12,14H2,1-2H3. The first-order valence-corrected chi connectivity index (χ1v) is 6.89. The molecular formula is C13H29NO5. The second-order valence-corrected chi connectivity index (χ2v) is 3.93. The van der Waals surface area contributed by atoms with Gasteiger partial charge in [0.1, 0.15) is 0 Å². The van der Waals surface area contributed by atoms with Gasteiger partial charge in [0.15, 0.2) is 0 Å². The largest absolute Gasteiger partial charge is 0.382 e. The molecule has 2 N–H and O–H groups in total. The summed E-state index contributed by atoms with van der Waals surface area (Å²) in [6.45, 7) is 7.39. The van der Waals surface area contributed by atoms with Gasteiger partial charge in [0.2, 0.25) is 0 Å². The van der Waals surface area contributed by atoms with Crippen molar-refractivity contribution in [1.29, 1.82) is 0 Å².